The molecule has 3 rings (SSSR count). The molecule has 0 aliphatic heterocycles. The van der Waals surface area contributed by atoms with Crippen LogP contribution in [0.4, 0.5) is 5.69 Å². The summed E-state index contributed by atoms with van der Waals surface area (Å²) in [5, 5.41) is 9.09. The van der Waals surface area contributed by atoms with Gasteiger partial charge in [0.2, 0.25) is 0 Å². The van der Waals surface area contributed by atoms with E-state index in [1.807, 2.05) is 97.1 Å². The highest BCUT2D eigenvalue weighted by Gasteiger charge is 2.22. The van der Waals surface area contributed by atoms with E-state index < -0.39 is 11.8 Å². The molecule has 0 radical (unpaired) electrons. The second kappa shape index (κ2) is 10.1. The molecular weight excluding hydrogens is 352 g/mol. The number of hydrogen-bond donors (Lipinski definition) is 3. The van der Waals surface area contributed by atoms with Gasteiger partial charge < -0.3 is 0 Å². The molecule has 0 aliphatic carbocycles. The van der Waals surface area contributed by atoms with Gasteiger partial charge in [-0.05, 0) is 28.8 Å². The number of carbonyl (C=O) groups is 1. The molecule has 3 N–H and O–H groups in total. The first-order valence-corrected chi connectivity index (χ1v) is 8.96. The Hall–Kier alpha value is -3.41. The second-order valence-corrected chi connectivity index (χ2v) is 6.17. The van der Waals surface area contributed by atoms with Gasteiger partial charge in [0, 0.05) is 0 Å². The van der Waals surface area contributed by atoms with Gasteiger partial charge >= 0.3 is 0 Å². The van der Waals surface area contributed by atoms with Gasteiger partial charge in [-0.2, -0.15) is 0 Å². The van der Waals surface area contributed by atoms with E-state index in [2.05, 4.69) is 5.48 Å². The lowest BCUT2D eigenvalue weighted by Gasteiger charge is -2.16. The minimum absolute atomic E-state index is 0.413. The van der Waals surface area contributed by atoms with Crippen molar-refractivity contribution in [3.8, 4) is 0 Å². The van der Waals surface area contributed by atoms with Crippen LogP contribution in [0.3, 0.4) is 0 Å². The molecule has 0 bridgehead atoms. The van der Waals surface area contributed by atoms with Gasteiger partial charge in [-0.15, -0.1) is 0 Å². The Morgan fingerprint density at radius 2 is 1.50 bits per heavy atom. The zero-order chi connectivity index (χ0) is 19.6. The summed E-state index contributed by atoms with van der Waals surface area (Å²) in [4.78, 5) is 17.6. The number of rotatable bonds is 8. The number of benzene rings is 3. The van der Waals surface area contributed by atoms with Gasteiger partial charge in [-0.25, -0.2) is 5.48 Å². The smallest absolute Gasteiger partial charge is 0.255 e. The Morgan fingerprint density at radius 1 is 0.893 bits per heavy atom. The lowest BCUT2D eigenvalue weighted by Crippen LogP contribution is -2.27. The van der Waals surface area contributed by atoms with E-state index in [1.54, 1.807) is 5.48 Å². The highest BCUT2D eigenvalue weighted by molar-refractivity contribution is 5.86. The van der Waals surface area contributed by atoms with Crippen molar-refractivity contribution in [2.75, 3.05) is 12.1 Å². The van der Waals surface area contributed by atoms with E-state index >= 15 is 0 Å². The number of anilines is 1. The summed E-state index contributed by atoms with van der Waals surface area (Å²) in [6, 6.07) is 26.6. The van der Waals surface area contributed by atoms with Crippen molar-refractivity contribution >= 4 is 17.7 Å². The first-order chi connectivity index (χ1) is 13.8. The number of carbonyl (C=O) groups excluding carboxylic acids is 1. The molecule has 0 saturated heterocycles. The summed E-state index contributed by atoms with van der Waals surface area (Å²) in [6.45, 7) is 0.413. The largest absolute Gasteiger partial charge is 0.289 e. The van der Waals surface area contributed by atoms with E-state index in [0.29, 0.717) is 6.61 Å². The topological polar surface area (TPSA) is 70.6 Å². The molecule has 1 atom stereocenters. The normalized spacial score (nSPS) is 11.9. The number of amides is 1. The summed E-state index contributed by atoms with van der Waals surface area (Å²) in [5.41, 5.74) is 8.09. The van der Waals surface area contributed by atoms with Crippen LogP contribution < -0.4 is 11.0 Å². The molecule has 142 valence electrons. The number of hydrogen-bond acceptors (Lipinski definition) is 4. The fourth-order valence-electron chi connectivity index (χ4n) is 2.87. The predicted molar refractivity (Wildman–Crippen MR) is 110 cm³/mol. The number of hydroxylamine groups is 1. The summed E-state index contributed by atoms with van der Waals surface area (Å²) in [6.07, 6.45) is 3.91. The third kappa shape index (κ3) is 5.30. The summed E-state index contributed by atoms with van der Waals surface area (Å²) < 4.78 is 0. The van der Waals surface area contributed by atoms with Crippen LogP contribution in [0.5, 0.6) is 0 Å². The van der Waals surface area contributed by atoms with Crippen molar-refractivity contribution in [2.45, 2.75) is 5.92 Å². The molecule has 3 aromatic rings. The van der Waals surface area contributed by atoms with Crippen LogP contribution in [0.1, 0.15) is 22.6 Å². The van der Waals surface area contributed by atoms with Crippen LogP contribution in [0.15, 0.2) is 91.0 Å². The van der Waals surface area contributed by atoms with Crippen LogP contribution in [0, 0.1) is 0 Å². The average molecular weight is 374 g/mol. The van der Waals surface area contributed by atoms with Crippen LogP contribution >= 0.6 is 0 Å². The third-order valence-corrected chi connectivity index (χ3v) is 4.23. The Kier molecular flexibility index (Phi) is 6.95. The highest BCUT2D eigenvalue weighted by atomic mass is 16.6. The zero-order valence-electron chi connectivity index (χ0n) is 15.3. The molecule has 3 aromatic carbocycles. The molecule has 28 heavy (non-hydrogen) atoms. The molecule has 5 nitrogen and oxygen atoms in total. The van der Waals surface area contributed by atoms with Gasteiger partial charge in [-0.3, -0.25) is 20.3 Å². The maximum Gasteiger partial charge on any atom is 0.255 e. The number of nitrogens with one attached hydrogen (secondary N) is 2. The molecule has 0 heterocycles. The van der Waals surface area contributed by atoms with Gasteiger partial charge in [0.05, 0.1) is 18.2 Å². The van der Waals surface area contributed by atoms with Crippen LogP contribution in [-0.2, 0) is 9.63 Å². The van der Waals surface area contributed by atoms with Gasteiger partial charge in [0.15, 0.2) is 0 Å². The molecule has 1 amide bonds. The van der Waals surface area contributed by atoms with Crippen molar-refractivity contribution in [2.24, 2.45) is 0 Å². The van der Waals surface area contributed by atoms with E-state index in [4.69, 9.17) is 10.0 Å². The zero-order valence-corrected chi connectivity index (χ0v) is 15.3. The van der Waals surface area contributed by atoms with Crippen molar-refractivity contribution in [1.82, 2.24) is 5.48 Å². The fraction of sp³-hybridized carbons (Fsp3) is 0.0870. The van der Waals surface area contributed by atoms with Gasteiger partial charge in [0.1, 0.15) is 0 Å². The molecule has 0 fully saturated rings. The lowest BCUT2D eigenvalue weighted by molar-refractivity contribution is -0.129. The Labute approximate surface area is 164 Å². The summed E-state index contributed by atoms with van der Waals surface area (Å²) in [5.74, 6) is -1.07. The Balaban J connectivity index is 1.59. The second-order valence-electron chi connectivity index (χ2n) is 6.17. The molecule has 0 aliphatic rings. The maximum absolute atomic E-state index is 12.1. The minimum Gasteiger partial charge on any atom is -0.289 e. The lowest BCUT2D eigenvalue weighted by atomic mass is 9.90. The van der Waals surface area contributed by atoms with Crippen LogP contribution in [0.2, 0.25) is 0 Å². The molecule has 1 unspecified atom stereocenters. The molecule has 0 spiro atoms. The average Bonchev–Trinajstić information content (AvgIpc) is 2.76. The van der Waals surface area contributed by atoms with Gasteiger partial charge in [-0.1, -0.05) is 84.9 Å². The monoisotopic (exact) mass is 374 g/mol. The third-order valence-electron chi connectivity index (χ3n) is 4.23. The summed E-state index contributed by atoms with van der Waals surface area (Å²) in [7, 11) is 0. The Bertz CT molecular complexity index is 894. The van der Waals surface area contributed by atoms with E-state index in [9.17, 15) is 4.79 Å². The van der Waals surface area contributed by atoms with Crippen LogP contribution in [0.25, 0.3) is 6.08 Å². The molecule has 0 aromatic heterocycles. The SMILES string of the molecule is O=C(NO)C(c1ccccc1)c1ccc(NOCC=Cc2ccccc2)cc1. The summed E-state index contributed by atoms with van der Waals surface area (Å²) >= 11 is 0. The van der Waals surface area contributed by atoms with E-state index in [1.165, 1.54) is 0 Å². The Morgan fingerprint density at radius 3 is 2.14 bits per heavy atom. The van der Waals surface area contributed by atoms with Crippen molar-refractivity contribution in [3.05, 3.63) is 108 Å². The van der Waals surface area contributed by atoms with Gasteiger partial charge in [0.25, 0.3) is 5.91 Å². The maximum atomic E-state index is 12.1. The van der Waals surface area contributed by atoms with Crippen molar-refractivity contribution < 1.29 is 14.8 Å². The van der Waals surface area contributed by atoms with Crippen LogP contribution in [-0.4, -0.2) is 17.7 Å². The first kappa shape index (κ1) is 19.4. The molecule has 5 heteroatoms. The molecular formula is C23H22N2O3. The van der Waals surface area contributed by atoms with Crippen molar-refractivity contribution in [1.29, 1.82) is 0 Å². The van der Waals surface area contributed by atoms with E-state index in [-0.39, 0.29) is 0 Å². The highest BCUT2D eigenvalue weighted by Crippen LogP contribution is 2.26. The standard InChI is InChI=1S/C23H22N2O3/c26-23(24-27)22(19-11-5-2-6-12-19)20-13-15-21(16-14-20)25-28-17-7-10-18-8-3-1-4-9-18/h1-16,22,25,27H,17H2,(H,24,26). The van der Waals surface area contributed by atoms with E-state index in [0.717, 1.165) is 22.4 Å². The molecule has 0 saturated carbocycles. The fourth-order valence-corrected chi connectivity index (χ4v) is 2.87. The predicted octanol–water partition coefficient (Wildman–Crippen LogP) is 4.38. The quantitative estimate of drug-likeness (QED) is 0.311. The minimum atomic E-state index is -0.588. The van der Waals surface area contributed by atoms with Crippen molar-refractivity contribution in [3.63, 3.8) is 0 Å². The first-order valence-electron chi connectivity index (χ1n) is 8.96.